The summed E-state index contributed by atoms with van der Waals surface area (Å²) in [5.74, 6) is -0.267. The molecule has 0 saturated heterocycles. The zero-order valence-electron chi connectivity index (χ0n) is 20.5. The third kappa shape index (κ3) is 5.03. The minimum atomic E-state index is -3.15. The summed E-state index contributed by atoms with van der Waals surface area (Å²) >= 11 is 0. The highest BCUT2D eigenvalue weighted by Crippen LogP contribution is 2.41. The third-order valence-corrected chi connectivity index (χ3v) is 6.11. The standard InChI is InChI=1S/C25H23F2N7O4/c1-32(2)15-8-11-33(12-9-15)19-14-22(37-24(26)27)18(13-20(19)34(35)36)30-25-28-10-7-17(29-25)23-16-5-3-4-6-21(16)38-31-23/h3-8,10,13-14,24H,9,11-12H2,1-2H3,(H,28,29,30). The van der Waals surface area contributed by atoms with E-state index in [1.165, 1.54) is 12.3 Å². The number of ether oxygens (including phenoxy) is 1. The maximum atomic E-state index is 13.3. The second kappa shape index (κ2) is 10.3. The van der Waals surface area contributed by atoms with E-state index in [0.29, 0.717) is 36.5 Å². The summed E-state index contributed by atoms with van der Waals surface area (Å²) < 4.78 is 36.8. The molecule has 0 saturated carbocycles. The van der Waals surface area contributed by atoms with Crippen molar-refractivity contribution < 1.29 is 23.0 Å². The van der Waals surface area contributed by atoms with E-state index >= 15 is 0 Å². The van der Waals surface area contributed by atoms with Crippen LogP contribution in [0.25, 0.3) is 22.4 Å². The molecule has 1 aliphatic rings. The van der Waals surface area contributed by atoms with Gasteiger partial charge < -0.3 is 24.4 Å². The van der Waals surface area contributed by atoms with Gasteiger partial charge in [0.2, 0.25) is 5.95 Å². The number of aromatic nitrogens is 3. The predicted molar refractivity (Wildman–Crippen MR) is 137 cm³/mol. The molecule has 0 atom stereocenters. The number of alkyl halides is 2. The van der Waals surface area contributed by atoms with E-state index < -0.39 is 11.5 Å². The SMILES string of the molecule is CN(C)C1=CCN(c2cc(OC(F)F)c(Nc3nccc(-c4noc5ccccc45)n3)cc2[N+](=O)[O-])CC1. The summed E-state index contributed by atoms with van der Waals surface area (Å²) in [5, 5.41) is 19.6. The largest absolute Gasteiger partial charge is 0.433 e. The number of fused-ring (bicyclic) bond motifs is 1. The highest BCUT2D eigenvalue weighted by molar-refractivity contribution is 5.90. The highest BCUT2D eigenvalue weighted by atomic mass is 19.3. The van der Waals surface area contributed by atoms with Gasteiger partial charge in [-0.25, -0.2) is 9.97 Å². The van der Waals surface area contributed by atoms with Crippen LogP contribution in [0.15, 0.2) is 65.0 Å². The van der Waals surface area contributed by atoms with E-state index in [1.807, 2.05) is 43.3 Å². The molecule has 0 aliphatic carbocycles. The van der Waals surface area contributed by atoms with Crippen molar-refractivity contribution in [2.75, 3.05) is 37.4 Å². The van der Waals surface area contributed by atoms with E-state index in [4.69, 9.17) is 9.26 Å². The Hall–Kier alpha value is -4.81. The summed E-state index contributed by atoms with van der Waals surface area (Å²) in [4.78, 5) is 23.7. The van der Waals surface area contributed by atoms with Crippen LogP contribution in [0.1, 0.15) is 6.42 Å². The van der Waals surface area contributed by atoms with Crippen molar-refractivity contribution in [1.82, 2.24) is 20.0 Å². The molecule has 38 heavy (non-hydrogen) atoms. The normalized spacial score (nSPS) is 13.5. The van der Waals surface area contributed by atoms with Gasteiger partial charge in [-0.2, -0.15) is 8.78 Å². The second-order valence-electron chi connectivity index (χ2n) is 8.68. The van der Waals surface area contributed by atoms with Gasteiger partial charge in [0.15, 0.2) is 11.3 Å². The molecule has 11 nitrogen and oxygen atoms in total. The minimum absolute atomic E-state index is 0.00674. The maximum Gasteiger partial charge on any atom is 0.387 e. The average Bonchev–Trinajstić information content (AvgIpc) is 3.33. The molecule has 2 aromatic heterocycles. The van der Waals surface area contributed by atoms with E-state index in [-0.39, 0.29) is 28.8 Å². The number of nitro benzene ring substituents is 1. The monoisotopic (exact) mass is 523 g/mol. The van der Waals surface area contributed by atoms with Gasteiger partial charge in [0.25, 0.3) is 5.69 Å². The van der Waals surface area contributed by atoms with Crippen LogP contribution >= 0.6 is 0 Å². The molecule has 1 N–H and O–H groups in total. The number of benzene rings is 2. The molecule has 5 rings (SSSR count). The molecular weight excluding hydrogens is 500 g/mol. The van der Waals surface area contributed by atoms with E-state index in [2.05, 4.69) is 20.4 Å². The molecule has 0 unspecified atom stereocenters. The Labute approximate surface area is 215 Å². The zero-order chi connectivity index (χ0) is 26.8. The molecule has 0 radical (unpaired) electrons. The number of halogens is 2. The van der Waals surface area contributed by atoms with E-state index in [0.717, 1.165) is 17.1 Å². The first-order valence-electron chi connectivity index (χ1n) is 11.6. The minimum Gasteiger partial charge on any atom is -0.433 e. The molecule has 0 spiro atoms. The first-order valence-corrected chi connectivity index (χ1v) is 11.6. The summed E-state index contributed by atoms with van der Waals surface area (Å²) in [6.07, 6.45) is 4.04. The van der Waals surface area contributed by atoms with Gasteiger partial charge in [-0.3, -0.25) is 10.1 Å². The summed E-state index contributed by atoms with van der Waals surface area (Å²) in [7, 11) is 3.84. The molecule has 4 aromatic rings. The summed E-state index contributed by atoms with van der Waals surface area (Å²) in [6, 6.07) is 11.2. The van der Waals surface area contributed by atoms with Crippen molar-refractivity contribution in [3.8, 4) is 17.1 Å². The van der Waals surface area contributed by atoms with Crippen LogP contribution in [0.2, 0.25) is 0 Å². The smallest absolute Gasteiger partial charge is 0.387 e. The summed E-state index contributed by atoms with van der Waals surface area (Å²) in [5.41, 5.74) is 2.36. The van der Waals surface area contributed by atoms with Gasteiger partial charge in [0.1, 0.15) is 11.4 Å². The van der Waals surface area contributed by atoms with Gasteiger partial charge in [0, 0.05) is 57.6 Å². The van der Waals surface area contributed by atoms with Crippen LogP contribution in [0, 0.1) is 10.1 Å². The second-order valence-corrected chi connectivity index (χ2v) is 8.68. The summed E-state index contributed by atoms with van der Waals surface area (Å²) in [6.45, 7) is -2.30. The molecule has 13 heteroatoms. The van der Waals surface area contributed by atoms with Crippen molar-refractivity contribution >= 4 is 34.0 Å². The Kier molecular flexibility index (Phi) is 6.73. The van der Waals surface area contributed by atoms with Gasteiger partial charge in [-0.1, -0.05) is 17.3 Å². The lowest BCUT2D eigenvalue weighted by molar-refractivity contribution is -0.384. The molecule has 196 valence electrons. The van der Waals surface area contributed by atoms with Crippen LogP contribution in [0.4, 0.5) is 31.8 Å². The Morgan fingerprint density at radius 2 is 2.05 bits per heavy atom. The number of nitrogens with one attached hydrogen (secondary N) is 1. The van der Waals surface area contributed by atoms with Crippen molar-refractivity contribution in [3.05, 3.63) is 70.5 Å². The van der Waals surface area contributed by atoms with Crippen LogP contribution in [-0.2, 0) is 0 Å². The quantitative estimate of drug-likeness (QED) is 0.244. The topological polar surface area (TPSA) is 123 Å². The number of para-hydroxylation sites is 1. The molecule has 2 aromatic carbocycles. The highest BCUT2D eigenvalue weighted by Gasteiger charge is 2.26. The Balaban J connectivity index is 1.51. The number of hydrogen-bond donors (Lipinski definition) is 1. The van der Waals surface area contributed by atoms with Gasteiger partial charge in [-0.15, -0.1) is 0 Å². The molecule has 3 heterocycles. The lowest BCUT2D eigenvalue weighted by Crippen LogP contribution is -2.32. The van der Waals surface area contributed by atoms with Gasteiger partial charge in [0.05, 0.1) is 21.7 Å². The van der Waals surface area contributed by atoms with Crippen molar-refractivity contribution in [1.29, 1.82) is 0 Å². The van der Waals surface area contributed by atoms with Crippen LogP contribution in [-0.4, -0.2) is 58.7 Å². The Morgan fingerprint density at radius 1 is 1.24 bits per heavy atom. The van der Waals surface area contributed by atoms with Crippen LogP contribution < -0.4 is 15.0 Å². The maximum absolute atomic E-state index is 13.3. The number of hydrogen-bond acceptors (Lipinski definition) is 10. The van der Waals surface area contributed by atoms with Crippen molar-refractivity contribution in [2.45, 2.75) is 13.0 Å². The predicted octanol–water partition coefficient (Wildman–Crippen LogP) is 5.19. The first kappa shape index (κ1) is 24.9. The Bertz CT molecular complexity index is 1520. The molecule has 0 amide bonds. The molecule has 1 aliphatic heterocycles. The molecule has 0 bridgehead atoms. The van der Waals surface area contributed by atoms with Crippen molar-refractivity contribution in [3.63, 3.8) is 0 Å². The lowest BCUT2D eigenvalue weighted by atomic mass is 10.1. The first-order chi connectivity index (χ1) is 18.3. The van der Waals surface area contributed by atoms with Gasteiger partial charge in [-0.05, 0) is 24.3 Å². The Morgan fingerprint density at radius 3 is 2.76 bits per heavy atom. The fourth-order valence-electron chi connectivity index (χ4n) is 4.27. The number of nitro groups is 1. The third-order valence-electron chi connectivity index (χ3n) is 6.11. The van der Waals surface area contributed by atoms with E-state index in [1.54, 1.807) is 17.0 Å². The van der Waals surface area contributed by atoms with Gasteiger partial charge >= 0.3 is 6.61 Å². The van der Waals surface area contributed by atoms with Crippen LogP contribution in [0.3, 0.4) is 0 Å². The van der Waals surface area contributed by atoms with Crippen molar-refractivity contribution in [2.24, 2.45) is 0 Å². The molecule has 0 fully saturated rings. The number of rotatable bonds is 8. The number of anilines is 3. The lowest BCUT2D eigenvalue weighted by Gasteiger charge is -2.31. The average molecular weight is 524 g/mol. The zero-order valence-corrected chi connectivity index (χ0v) is 20.5. The fraction of sp³-hybridized carbons (Fsp3) is 0.240. The van der Waals surface area contributed by atoms with E-state index in [9.17, 15) is 18.9 Å². The van der Waals surface area contributed by atoms with Crippen LogP contribution in [0.5, 0.6) is 5.75 Å². The molecular formula is C25H23F2N7O4. The number of nitrogens with zero attached hydrogens (tertiary/aromatic N) is 6. The fourth-order valence-corrected chi connectivity index (χ4v) is 4.27.